The molecule has 15 heavy (non-hydrogen) atoms. The number of ether oxygens (including phenoxy) is 1. The topological polar surface area (TPSA) is 81.2 Å². The first kappa shape index (κ1) is 11.6. The zero-order valence-corrected chi connectivity index (χ0v) is 9.26. The lowest BCUT2D eigenvalue weighted by Crippen LogP contribution is -2.24. The van der Waals surface area contributed by atoms with Crippen LogP contribution in [0.1, 0.15) is 18.9 Å². The summed E-state index contributed by atoms with van der Waals surface area (Å²) in [5, 5.41) is 10.9. The normalized spacial score (nSPS) is 9.73. The molecule has 6 nitrogen and oxygen atoms in total. The van der Waals surface area contributed by atoms with Crippen molar-refractivity contribution in [3.8, 4) is 0 Å². The van der Waals surface area contributed by atoms with Crippen LogP contribution in [0.2, 0.25) is 0 Å². The molecule has 0 fully saturated rings. The molecule has 82 valence electrons. The number of hydrogen-bond donors (Lipinski definition) is 1. The van der Waals surface area contributed by atoms with E-state index in [0.717, 1.165) is 11.4 Å². The number of carbonyl (C=O) groups excluding carboxylic acids is 2. The molecule has 1 aromatic rings. The number of amides is 1. The van der Waals surface area contributed by atoms with E-state index in [4.69, 9.17) is 0 Å². The summed E-state index contributed by atoms with van der Waals surface area (Å²) in [5.41, 5.74) is 0. The lowest BCUT2D eigenvalue weighted by molar-refractivity contribution is -0.152. The van der Waals surface area contributed by atoms with E-state index in [2.05, 4.69) is 20.3 Å². The molecule has 0 atom stereocenters. The van der Waals surface area contributed by atoms with Gasteiger partial charge in [-0.1, -0.05) is 18.3 Å². The number of esters is 1. The van der Waals surface area contributed by atoms with Gasteiger partial charge in [-0.25, -0.2) is 4.79 Å². The minimum Gasteiger partial charge on any atom is -0.459 e. The number of nitrogens with one attached hydrogen (secondary N) is 1. The fraction of sp³-hybridized carbons (Fsp3) is 0.500. The van der Waals surface area contributed by atoms with Gasteiger partial charge in [0.15, 0.2) is 0 Å². The van der Waals surface area contributed by atoms with Crippen molar-refractivity contribution in [2.45, 2.75) is 20.3 Å². The molecule has 0 saturated heterocycles. The molecule has 0 unspecified atom stereocenters. The van der Waals surface area contributed by atoms with E-state index in [0.29, 0.717) is 5.13 Å². The van der Waals surface area contributed by atoms with E-state index in [1.807, 2.05) is 6.92 Å². The second-order valence-electron chi connectivity index (χ2n) is 2.53. The summed E-state index contributed by atoms with van der Waals surface area (Å²) in [5.74, 6) is -1.73. The summed E-state index contributed by atoms with van der Waals surface area (Å²) < 4.78 is 4.51. The average molecular weight is 229 g/mol. The van der Waals surface area contributed by atoms with Crippen molar-refractivity contribution < 1.29 is 14.3 Å². The summed E-state index contributed by atoms with van der Waals surface area (Å²) in [6, 6.07) is 0. The predicted octanol–water partition coefficient (Wildman–Crippen LogP) is 0.602. The van der Waals surface area contributed by atoms with E-state index in [1.165, 1.54) is 11.3 Å². The van der Waals surface area contributed by atoms with Crippen LogP contribution in [-0.4, -0.2) is 28.7 Å². The fourth-order valence-electron chi connectivity index (χ4n) is 0.792. The van der Waals surface area contributed by atoms with Crippen molar-refractivity contribution in [2.24, 2.45) is 0 Å². The van der Waals surface area contributed by atoms with E-state index in [1.54, 1.807) is 6.92 Å². The van der Waals surface area contributed by atoms with Crippen LogP contribution >= 0.6 is 11.3 Å². The van der Waals surface area contributed by atoms with Crippen molar-refractivity contribution in [1.82, 2.24) is 10.2 Å². The minimum atomic E-state index is -0.911. The molecule has 1 heterocycles. The van der Waals surface area contributed by atoms with Gasteiger partial charge >= 0.3 is 11.9 Å². The third-order valence-corrected chi connectivity index (χ3v) is 2.43. The number of rotatable bonds is 3. The van der Waals surface area contributed by atoms with E-state index in [9.17, 15) is 9.59 Å². The highest BCUT2D eigenvalue weighted by Gasteiger charge is 2.16. The van der Waals surface area contributed by atoms with Crippen LogP contribution < -0.4 is 5.32 Å². The smallest absolute Gasteiger partial charge is 0.397 e. The van der Waals surface area contributed by atoms with Crippen molar-refractivity contribution in [2.75, 3.05) is 11.9 Å². The van der Waals surface area contributed by atoms with Gasteiger partial charge in [-0.15, -0.1) is 10.2 Å². The van der Waals surface area contributed by atoms with E-state index in [-0.39, 0.29) is 6.61 Å². The summed E-state index contributed by atoms with van der Waals surface area (Å²) in [7, 11) is 0. The number of carbonyl (C=O) groups is 2. The van der Waals surface area contributed by atoms with Crippen LogP contribution in [-0.2, 0) is 20.7 Å². The Morgan fingerprint density at radius 2 is 2.13 bits per heavy atom. The maximum Gasteiger partial charge on any atom is 0.397 e. The Morgan fingerprint density at radius 1 is 1.40 bits per heavy atom. The van der Waals surface area contributed by atoms with Crippen LogP contribution in [0.5, 0.6) is 0 Å². The lowest BCUT2D eigenvalue weighted by atomic mass is 10.5. The molecule has 0 spiro atoms. The second kappa shape index (κ2) is 5.40. The summed E-state index contributed by atoms with van der Waals surface area (Å²) in [4.78, 5) is 22.1. The average Bonchev–Trinajstić information content (AvgIpc) is 2.66. The Morgan fingerprint density at radius 3 is 2.67 bits per heavy atom. The molecular formula is C8H11N3O3S. The Kier molecular flexibility index (Phi) is 4.17. The zero-order chi connectivity index (χ0) is 11.3. The Labute approximate surface area is 90.7 Å². The Hall–Kier alpha value is -1.50. The van der Waals surface area contributed by atoms with Crippen LogP contribution in [0.25, 0.3) is 0 Å². The van der Waals surface area contributed by atoms with Crippen molar-refractivity contribution in [3.63, 3.8) is 0 Å². The van der Waals surface area contributed by atoms with Gasteiger partial charge in [0.05, 0.1) is 6.61 Å². The molecule has 0 aliphatic heterocycles. The van der Waals surface area contributed by atoms with Gasteiger partial charge in [0, 0.05) is 0 Å². The van der Waals surface area contributed by atoms with Crippen molar-refractivity contribution in [1.29, 1.82) is 0 Å². The summed E-state index contributed by atoms with van der Waals surface area (Å²) in [6.45, 7) is 3.73. The molecule has 1 rings (SSSR count). The largest absolute Gasteiger partial charge is 0.459 e. The standard InChI is InChI=1S/C8H11N3O3S/c1-3-5-10-11-8(15-5)9-6(12)7(13)14-4-2/h3-4H2,1-2H3,(H,9,11,12). The quantitative estimate of drug-likeness (QED) is 0.606. The number of aromatic nitrogens is 2. The van der Waals surface area contributed by atoms with Crippen LogP contribution in [0.3, 0.4) is 0 Å². The van der Waals surface area contributed by atoms with Gasteiger partial charge in [-0.3, -0.25) is 10.1 Å². The SMILES string of the molecule is CCOC(=O)C(=O)Nc1nnc(CC)s1. The van der Waals surface area contributed by atoms with Gasteiger partial charge in [0.25, 0.3) is 0 Å². The van der Waals surface area contributed by atoms with Crippen LogP contribution in [0, 0.1) is 0 Å². The van der Waals surface area contributed by atoms with E-state index < -0.39 is 11.9 Å². The molecular weight excluding hydrogens is 218 g/mol. The number of anilines is 1. The molecule has 1 N–H and O–H groups in total. The van der Waals surface area contributed by atoms with Crippen molar-refractivity contribution in [3.05, 3.63) is 5.01 Å². The second-order valence-corrected chi connectivity index (χ2v) is 3.59. The monoisotopic (exact) mass is 229 g/mol. The maximum absolute atomic E-state index is 11.2. The van der Waals surface area contributed by atoms with Crippen molar-refractivity contribution >= 4 is 28.3 Å². The Bertz CT molecular complexity index is 364. The summed E-state index contributed by atoms with van der Waals surface area (Å²) in [6.07, 6.45) is 0.743. The lowest BCUT2D eigenvalue weighted by Gasteiger charge is -1.99. The highest BCUT2D eigenvalue weighted by molar-refractivity contribution is 7.15. The van der Waals surface area contributed by atoms with Gasteiger partial charge in [-0.05, 0) is 13.3 Å². The van der Waals surface area contributed by atoms with E-state index >= 15 is 0 Å². The zero-order valence-electron chi connectivity index (χ0n) is 8.44. The van der Waals surface area contributed by atoms with Gasteiger partial charge in [0.1, 0.15) is 5.01 Å². The first-order valence-corrected chi connectivity index (χ1v) is 5.29. The Balaban J connectivity index is 2.54. The maximum atomic E-state index is 11.2. The number of hydrogen-bond acceptors (Lipinski definition) is 6. The van der Waals surface area contributed by atoms with Gasteiger partial charge < -0.3 is 4.74 Å². The highest BCUT2D eigenvalue weighted by atomic mass is 32.1. The molecule has 0 saturated carbocycles. The highest BCUT2D eigenvalue weighted by Crippen LogP contribution is 2.14. The molecule has 0 aliphatic carbocycles. The number of aryl methyl sites for hydroxylation is 1. The third kappa shape index (κ3) is 3.28. The fourth-order valence-corrected chi connectivity index (χ4v) is 1.47. The van der Waals surface area contributed by atoms with Gasteiger partial charge in [-0.2, -0.15) is 0 Å². The summed E-state index contributed by atoms with van der Waals surface area (Å²) >= 11 is 1.23. The molecule has 1 aromatic heterocycles. The van der Waals surface area contributed by atoms with Crippen LogP contribution in [0.4, 0.5) is 5.13 Å². The first-order chi connectivity index (χ1) is 7.17. The predicted molar refractivity (Wildman–Crippen MR) is 54.5 cm³/mol. The first-order valence-electron chi connectivity index (χ1n) is 4.47. The molecule has 0 aliphatic rings. The van der Waals surface area contributed by atoms with Crippen LogP contribution in [0.15, 0.2) is 0 Å². The van der Waals surface area contributed by atoms with Gasteiger partial charge in [0.2, 0.25) is 5.13 Å². The molecule has 0 bridgehead atoms. The molecule has 1 amide bonds. The third-order valence-electron chi connectivity index (χ3n) is 1.45. The number of nitrogens with zero attached hydrogens (tertiary/aromatic N) is 2. The molecule has 0 radical (unpaired) electrons. The minimum absolute atomic E-state index is 0.169. The molecule has 0 aromatic carbocycles. The molecule has 7 heteroatoms.